The molecule has 2 aromatic carbocycles. The SMILES string of the molecule is CCCC(C(C(=O)CN1C(=O)c2ccccc2C1=O)C(=O)OCC)C(C(=O)CN1C(=O)c2ccccc2C1=O)C(=O)OCC. The summed E-state index contributed by atoms with van der Waals surface area (Å²) in [5, 5.41) is 0. The van der Waals surface area contributed by atoms with E-state index in [1.54, 1.807) is 31.2 Å². The Hall–Kier alpha value is -5.00. The fraction of sp³-hybridized carbons (Fsp3) is 0.375. The van der Waals surface area contributed by atoms with Gasteiger partial charge in [-0.15, -0.1) is 0 Å². The zero-order chi connectivity index (χ0) is 32.1. The van der Waals surface area contributed by atoms with Gasteiger partial charge in [0.05, 0.1) is 48.6 Å². The summed E-state index contributed by atoms with van der Waals surface area (Å²) in [4.78, 5) is 108. The highest BCUT2D eigenvalue weighted by Gasteiger charge is 2.49. The third kappa shape index (κ3) is 5.92. The van der Waals surface area contributed by atoms with Crippen LogP contribution >= 0.6 is 0 Å². The number of Topliss-reactive ketones (excluding diaryl/α,β-unsaturated/α-hetero) is 2. The lowest BCUT2D eigenvalue weighted by molar-refractivity contribution is -0.161. The number of hydrogen-bond acceptors (Lipinski definition) is 10. The number of benzene rings is 2. The van der Waals surface area contributed by atoms with Crippen LogP contribution in [0.15, 0.2) is 48.5 Å². The van der Waals surface area contributed by atoms with Gasteiger partial charge in [-0.25, -0.2) is 0 Å². The molecule has 0 N–H and O–H groups in total. The quantitative estimate of drug-likeness (QED) is 0.178. The Morgan fingerprint density at radius 2 is 0.909 bits per heavy atom. The van der Waals surface area contributed by atoms with Gasteiger partial charge in [-0.3, -0.25) is 48.2 Å². The molecule has 2 aliphatic heterocycles. The van der Waals surface area contributed by atoms with Crippen molar-refractivity contribution in [1.29, 1.82) is 0 Å². The molecule has 4 rings (SSSR count). The number of amides is 4. The highest BCUT2D eigenvalue weighted by atomic mass is 16.5. The first-order chi connectivity index (χ1) is 21.1. The Balaban J connectivity index is 1.68. The van der Waals surface area contributed by atoms with Crippen molar-refractivity contribution in [3.05, 3.63) is 70.8 Å². The molecule has 44 heavy (non-hydrogen) atoms. The van der Waals surface area contributed by atoms with Crippen molar-refractivity contribution in [2.45, 2.75) is 33.6 Å². The number of nitrogens with zero attached hydrogens (tertiary/aromatic N) is 2. The Labute approximate surface area is 253 Å². The maximum absolute atomic E-state index is 13.8. The zero-order valence-corrected chi connectivity index (χ0v) is 24.6. The minimum absolute atomic E-state index is 0.0192. The van der Waals surface area contributed by atoms with Crippen LogP contribution < -0.4 is 0 Å². The first-order valence-electron chi connectivity index (χ1n) is 14.4. The summed E-state index contributed by atoms with van der Waals surface area (Å²) in [6.07, 6.45) is 0.283. The van der Waals surface area contributed by atoms with Crippen LogP contribution in [0.25, 0.3) is 0 Å². The van der Waals surface area contributed by atoms with Gasteiger partial charge in [-0.2, -0.15) is 0 Å². The van der Waals surface area contributed by atoms with Crippen LogP contribution in [0.4, 0.5) is 0 Å². The molecule has 0 saturated heterocycles. The molecule has 0 saturated carbocycles. The van der Waals surface area contributed by atoms with E-state index in [2.05, 4.69) is 0 Å². The largest absolute Gasteiger partial charge is 0.465 e. The molecule has 0 aromatic heterocycles. The molecule has 2 unspecified atom stereocenters. The van der Waals surface area contributed by atoms with E-state index in [0.717, 1.165) is 0 Å². The number of rotatable bonds is 14. The van der Waals surface area contributed by atoms with Crippen molar-refractivity contribution in [2.75, 3.05) is 26.3 Å². The van der Waals surface area contributed by atoms with E-state index in [0.29, 0.717) is 16.2 Å². The predicted molar refractivity (Wildman–Crippen MR) is 152 cm³/mol. The van der Waals surface area contributed by atoms with Crippen LogP contribution in [0.3, 0.4) is 0 Å². The minimum atomic E-state index is -1.75. The Morgan fingerprint density at radius 1 is 0.591 bits per heavy atom. The minimum Gasteiger partial charge on any atom is -0.465 e. The second-order valence-corrected chi connectivity index (χ2v) is 10.3. The van der Waals surface area contributed by atoms with Gasteiger partial charge in [0.2, 0.25) is 0 Å². The molecule has 230 valence electrons. The van der Waals surface area contributed by atoms with Gasteiger partial charge in [-0.1, -0.05) is 37.6 Å². The van der Waals surface area contributed by atoms with Crippen LogP contribution in [0.1, 0.15) is 75.0 Å². The van der Waals surface area contributed by atoms with E-state index in [4.69, 9.17) is 9.47 Å². The van der Waals surface area contributed by atoms with E-state index in [1.165, 1.54) is 38.1 Å². The van der Waals surface area contributed by atoms with Crippen molar-refractivity contribution >= 4 is 47.1 Å². The molecule has 2 atom stereocenters. The summed E-state index contributed by atoms with van der Waals surface area (Å²) < 4.78 is 10.4. The van der Waals surface area contributed by atoms with Crippen molar-refractivity contribution in [2.24, 2.45) is 17.8 Å². The van der Waals surface area contributed by atoms with Crippen LogP contribution in [-0.4, -0.2) is 83.2 Å². The molecule has 2 heterocycles. The molecule has 0 radical (unpaired) electrons. The summed E-state index contributed by atoms with van der Waals surface area (Å²) in [5.41, 5.74) is 0.402. The zero-order valence-electron chi connectivity index (χ0n) is 24.6. The van der Waals surface area contributed by atoms with E-state index in [9.17, 15) is 38.4 Å². The Bertz CT molecular complexity index is 1370. The molecular formula is C32H32N2O10. The normalized spacial score (nSPS) is 15.9. The summed E-state index contributed by atoms with van der Waals surface area (Å²) in [6.45, 7) is 2.84. The summed E-state index contributed by atoms with van der Waals surface area (Å²) in [5.74, 6) is -11.7. The number of carbonyl (C=O) groups excluding carboxylic acids is 8. The van der Waals surface area contributed by atoms with Crippen molar-refractivity contribution in [1.82, 2.24) is 9.80 Å². The monoisotopic (exact) mass is 604 g/mol. The number of hydrogen-bond donors (Lipinski definition) is 0. The number of imide groups is 2. The number of ketones is 2. The third-order valence-electron chi connectivity index (χ3n) is 7.64. The Morgan fingerprint density at radius 3 is 1.18 bits per heavy atom. The fourth-order valence-corrected chi connectivity index (χ4v) is 5.69. The number of fused-ring (bicyclic) bond motifs is 2. The van der Waals surface area contributed by atoms with E-state index in [-0.39, 0.29) is 41.9 Å². The second-order valence-electron chi connectivity index (χ2n) is 10.3. The smallest absolute Gasteiger partial charge is 0.316 e. The lowest BCUT2D eigenvalue weighted by atomic mass is 9.74. The molecule has 0 bridgehead atoms. The molecule has 4 amide bonds. The lowest BCUT2D eigenvalue weighted by Gasteiger charge is -2.31. The second kappa shape index (κ2) is 13.5. The van der Waals surface area contributed by atoms with Gasteiger partial charge in [0.1, 0.15) is 11.8 Å². The van der Waals surface area contributed by atoms with Crippen LogP contribution in [0.5, 0.6) is 0 Å². The van der Waals surface area contributed by atoms with Crippen LogP contribution in [-0.2, 0) is 28.7 Å². The summed E-state index contributed by atoms with van der Waals surface area (Å²) >= 11 is 0. The van der Waals surface area contributed by atoms with Gasteiger partial charge < -0.3 is 9.47 Å². The highest BCUT2D eigenvalue weighted by Crippen LogP contribution is 2.33. The first kappa shape index (κ1) is 31.9. The molecule has 0 fully saturated rings. The average molecular weight is 605 g/mol. The van der Waals surface area contributed by atoms with E-state index >= 15 is 0 Å². The van der Waals surface area contributed by atoms with Crippen LogP contribution in [0.2, 0.25) is 0 Å². The molecular weight excluding hydrogens is 572 g/mol. The standard InChI is InChI=1S/C32H32N2O10/c1-4-11-22(25(31(41)43-5-2)23(35)16-33-27(37)18-12-7-8-13-19(18)28(33)38)26(32(42)44-6-3)24(36)17-34-29(39)20-14-9-10-15-21(20)30(34)40/h7-10,12-15,22,25-26H,4-6,11,16-17H2,1-3H3. The predicted octanol–water partition coefficient (Wildman–Crippen LogP) is 2.49. The molecule has 2 aromatic rings. The fourth-order valence-electron chi connectivity index (χ4n) is 5.69. The number of carbonyl (C=O) groups is 8. The first-order valence-corrected chi connectivity index (χ1v) is 14.4. The summed E-state index contributed by atoms with van der Waals surface area (Å²) in [6, 6.07) is 12.0. The third-order valence-corrected chi connectivity index (χ3v) is 7.64. The lowest BCUT2D eigenvalue weighted by Crippen LogP contribution is -2.49. The molecule has 12 nitrogen and oxygen atoms in total. The van der Waals surface area contributed by atoms with Gasteiger partial charge in [-0.05, 0) is 50.5 Å². The van der Waals surface area contributed by atoms with Gasteiger partial charge in [0.15, 0.2) is 11.6 Å². The maximum atomic E-state index is 13.8. The van der Waals surface area contributed by atoms with E-state index in [1.807, 2.05) is 0 Å². The van der Waals surface area contributed by atoms with Gasteiger partial charge in [0.25, 0.3) is 23.6 Å². The molecule has 0 spiro atoms. The number of esters is 2. The topological polar surface area (TPSA) is 162 Å². The molecule has 0 aliphatic carbocycles. The number of ether oxygens (including phenoxy) is 2. The van der Waals surface area contributed by atoms with Crippen molar-refractivity contribution < 1.29 is 47.8 Å². The Kier molecular flexibility index (Phi) is 9.82. The molecule has 12 heteroatoms. The van der Waals surface area contributed by atoms with E-state index < -0.39 is 78.0 Å². The molecule has 2 aliphatic rings. The van der Waals surface area contributed by atoms with Crippen LogP contribution in [0, 0.1) is 17.8 Å². The maximum Gasteiger partial charge on any atom is 0.316 e. The van der Waals surface area contributed by atoms with Gasteiger partial charge >= 0.3 is 11.9 Å². The highest BCUT2D eigenvalue weighted by molar-refractivity contribution is 6.24. The van der Waals surface area contributed by atoms with Crippen molar-refractivity contribution in [3.63, 3.8) is 0 Å². The van der Waals surface area contributed by atoms with Gasteiger partial charge in [0, 0.05) is 0 Å². The average Bonchev–Trinajstić information content (AvgIpc) is 3.38. The van der Waals surface area contributed by atoms with Crippen molar-refractivity contribution in [3.8, 4) is 0 Å². The summed E-state index contributed by atoms with van der Waals surface area (Å²) in [7, 11) is 0.